The quantitative estimate of drug-likeness (QED) is 0.605. The van der Waals surface area contributed by atoms with Gasteiger partial charge in [-0.15, -0.1) is 0 Å². The Labute approximate surface area is 112 Å². The number of carbonyl (C=O) groups excluding carboxylic acids is 3. The maximum absolute atomic E-state index is 11.9. The van der Waals surface area contributed by atoms with E-state index in [1.165, 1.54) is 0 Å². The van der Waals surface area contributed by atoms with Crippen molar-refractivity contribution in [1.29, 1.82) is 0 Å². The molecule has 1 heterocycles. The molecule has 1 aliphatic rings. The average molecular weight is 271 g/mol. The second-order valence-corrected chi connectivity index (χ2v) is 5.89. The molecule has 1 unspecified atom stereocenters. The van der Waals surface area contributed by atoms with Gasteiger partial charge in [0.05, 0.1) is 11.6 Å². The minimum atomic E-state index is -0.989. The highest BCUT2D eigenvalue weighted by Gasteiger charge is 2.45. The van der Waals surface area contributed by atoms with Crippen LogP contribution in [0.3, 0.4) is 0 Å². The van der Waals surface area contributed by atoms with E-state index in [-0.39, 0.29) is 6.54 Å². The first-order valence-electron chi connectivity index (χ1n) is 6.10. The normalized spacial score (nSPS) is 20.2. The first-order chi connectivity index (χ1) is 8.47. The first-order valence-corrected chi connectivity index (χ1v) is 6.10. The Morgan fingerprint density at radius 1 is 1.47 bits per heavy atom. The number of carbonyl (C=O) groups is 3. The Hall–Kier alpha value is -1.63. The lowest BCUT2D eigenvalue weighted by atomic mass is 9.99. The number of hydrogen-bond acceptors (Lipinski definition) is 4. The number of imide groups is 1. The van der Waals surface area contributed by atoms with E-state index in [0.717, 1.165) is 4.90 Å². The molecule has 7 nitrogen and oxygen atoms in total. The lowest BCUT2D eigenvalue weighted by Gasteiger charge is -2.30. The van der Waals surface area contributed by atoms with Gasteiger partial charge in [-0.05, 0) is 34.6 Å². The van der Waals surface area contributed by atoms with Gasteiger partial charge in [-0.25, -0.2) is 4.79 Å². The second-order valence-electron chi connectivity index (χ2n) is 5.89. The summed E-state index contributed by atoms with van der Waals surface area (Å²) >= 11 is 0. The monoisotopic (exact) mass is 271 g/mol. The third-order valence-corrected chi connectivity index (χ3v) is 3.25. The zero-order valence-corrected chi connectivity index (χ0v) is 11.9. The maximum atomic E-state index is 11.9. The van der Waals surface area contributed by atoms with E-state index in [9.17, 15) is 19.5 Å². The number of urea groups is 1. The zero-order valence-electron chi connectivity index (χ0n) is 11.9. The zero-order chi connectivity index (χ0) is 15.0. The second kappa shape index (κ2) is 4.80. The lowest BCUT2D eigenvalue weighted by molar-refractivity contribution is -0.135. The standard InChI is InChI=1S/C12H21N3O4/c1-7(16)11(2,3)13-8(17)6-15-9(18)12(4,5)14-10(15)19/h7,16H,6H2,1-5H3,(H,13,17)(H,14,19). The molecule has 0 aromatic carbocycles. The Morgan fingerprint density at radius 3 is 2.37 bits per heavy atom. The van der Waals surface area contributed by atoms with Gasteiger partial charge in [0.2, 0.25) is 5.91 Å². The van der Waals surface area contributed by atoms with E-state index in [1.807, 2.05) is 0 Å². The molecule has 1 rings (SSSR count). The van der Waals surface area contributed by atoms with Crippen LogP contribution in [0.4, 0.5) is 4.79 Å². The molecule has 0 aromatic heterocycles. The average Bonchev–Trinajstić information content (AvgIpc) is 2.39. The summed E-state index contributed by atoms with van der Waals surface area (Å²) in [6, 6.07) is -0.583. The SMILES string of the molecule is CC(O)C(C)(C)NC(=O)CN1C(=O)NC(C)(C)C1=O. The molecule has 1 aliphatic heterocycles. The van der Waals surface area contributed by atoms with Crippen LogP contribution in [0.25, 0.3) is 0 Å². The smallest absolute Gasteiger partial charge is 0.325 e. The molecule has 4 amide bonds. The van der Waals surface area contributed by atoms with Crippen molar-refractivity contribution >= 4 is 17.8 Å². The van der Waals surface area contributed by atoms with Gasteiger partial charge in [-0.2, -0.15) is 0 Å². The largest absolute Gasteiger partial charge is 0.391 e. The van der Waals surface area contributed by atoms with E-state index in [2.05, 4.69) is 10.6 Å². The molecule has 19 heavy (non-hydrogen) atoms. The molecule has 0 bridgehead atoms. The first kappa shape index (κ1) is 15.4. The van der Waals surface area contributed by atoms with Crippen molar-refractivity contribution in [2.75, 3.05) is 6.54 Å². The van der Waals surface area contributed by atoms with Gasteiger partial charge >= 0.3 is 6.03 Å². The molecule has 1 fully saturated rings. The highest BCUT2D eigenvalue weighted by Crippen LogP contribution is 2.16. The highest BCUT2D eigenvalue weighted by atomic mass is 16.3. The molecule has 0 spiro atoms. The Bertz CT molecular complexity index is 415. The number of amides is 4. The molecule has 0 saturated carbocycles. The third-order valence-electron chi connectivity index (χ3n) is 3.25. The summed E-state index contributed by atoms with van der Waals surface area (Å²) in [5, 5.41) is 14.6. The summed E-state index contributed by atoms with van der Waals surface area (Å²) < 4.78 is 0. The molecule has 7 heteroatoms. The topological polar surface area (TPSA) is 98.7 Å². The van der Waals surface area contributed by atoms with Crippen LogP contribution in [0, 0.1) is 0 Å². The van der Waals surface area contributed by atoms with Gasteiger partial charge in [-0.1, -0.05) is 0 Å². The summed E-state index contributed by atoms with van der Waals surface area (Å²) in [7, 11) is 0. The molecule has 0 radical (unpaired) electrons. The Morgan fingerprint density at radius 2 is 2.00 bits per heavy atom. The van der Waals surface area contributed by atoms with Gasteiger partial charge in [0.15, 0.2) is 0 Å². The van der Waals surface area contributed by atoms with E-state index in [4.69, 9.17) is 0 Å². The number of nitrogens with zero attached hydrogens (tertiary/aromatic N) is 1. The molecule has 0 aliphatic carbocycles. The van der Waals surface area contributed by atoms with Crippen LogP contribution < -0.4 is 10.6 Å². The summed E-state index contributed by atoms with van der Waals surface area (Å²) in [5.74, 6) is -0.936. The van der Waals surface area contributed by atoms with Crippen LogP contribution in [0.2, 0.25) is 0 Å². The number of rotatable bonds is 4. The van der Waals surface area contributed by atoms with E-state index in [0.29, 0.717) is 0 Å². The van der Waals surface area contributed by atoms with Crippen LogP contribution in [0.5, 0.6) is 0 Å². The predicted molar refractivity (Wildman–Crippen MR) is 68.2 cm³/mol. The summed E-state index contributed by atoms with van der Waals surface area (Å²) in [5.41, 5.74) is -1.82. The molecule has 3 N–H and O–H groups in total. The summed E-state index contributed by atoms with van der Waals surface area (Å²) in [6.07, 6.45) is -0.754. The van der Waals surface area contributed by atoms with Crippen molar-refractivity contribution in [3.8, 4) is 0 Å². The Balaban J connectivity index is 2.69. The van der Waals surface area contributed by atoms with Crippen molar-refractivity contribution in [3.05, 3.63) is 0 Å². The minimum absolute atomic E-state index is 0.357. The molecular formula is C12H21N3O4. The number of aliphatic hydroxyl groups is 1. The fourth-order valence-corrected chi connectivity index (χ4v) is 1.61. The number of nitrogens with one attached hydrogen (secondary N) is 2. The van der Waals surface area contributed by atoms with Crippen molar-refractivity contribution in [2.24, 2.45) is 0 Å². The third kappa shape index (κ3) is 3.23. The van der Waals surface area contributed by atoms with E-state index >= 15 is 0 Å². The highest BCUT2D eigenvalue weighted by molar-refractivity contribution is 6.08. The van der Waals surface area contributed by atoms with Crippen molar-refractivity contribution in [3.63, 3.8) is 0 Å². The molecule has 1 atom stereocenters. The van der Waals surface area contributed by atoms with Gasteiger partial charge in [-0.3, -0.25) is 14.5 Å². The fraction of sp³-hybridized carbons (Fsp3) is 0.750. The lowest BCUT2D eigenvalue weighted by Crippen LogP contribution is -2.54. The van der Waals surface area contributed by atoms with Gasteiger partial charge in [0, 0.05) is 0 Å². The van der Waals surface area contributed by atoms with Crippen molar-refractivity contribution in [2.45, 2.75) is 51.8 Å². The van der Waals surface area contributed by atoms with Crippen LogP contribution in [0.1, 0.15) is 34.6 Å². The van der Waals surface area contributed by atoms with Gasteiger partial charge in [0.25, 0.3) is 5.91 Å². The minimum Gasteiger partial charge on any atom is -0.391 e. The maximum Gasteiger partial charge on any atom is 0.325 e. The molecule has 0 aromatic rings. The molecule has 1 saturated heterocycles. The van der Waals surface area contributed by atoms with Gasteiger partial charge in [0.1, 0.15) is 12.1 Å². The summed E-state index contributed by atoms with van der Waals surface area (Å²) in [4.78, 5) is 36.2. The van der Waals surface area contributed by atoms with Crippen LogP contribution in [-0.4, -0.2) is 51.6 Å². The van der Waals surface area contributed by atoms with Gasteiger partial charge < -0.3 is 15.7 Å². The van der Waals surface area contributed by atoms with Crippen molar-refractivity contribution in [1.82, 2.24) is 15.5 Å². The summed E-state index contributed by atoms with van der Waals surface area (Å²) in [6.45, 7) is 7.66. The van der Waals surface area contributed by atoms with E-state index < -0.39 is 35.0 Å². The molecular weight excluding hydrogens is 250 g/mol. The van der Waals surface area contributed by atoms with Crippen LogP contribution in [-0.2, 0) is 9.59 Å². The Kier molecular flexibility index (Phi) is 3.90. The van der Waals surface area contributed by atoms with Crippen molar-refractivity contribution < 1.29 is 19.5 Å². The predicted octanol–water partition coefficient (Wildman–Crippen LogP) is -0.408. The van der Waals surface area contributed by atoms with Crippen LogP contribution in [0.15, 0.2) is 0 Å². The van der Waals surface area contributed by atoms with Crippen LogP contribution >= 0.6 is 0 Å². The number of aliphatic hydroxyl groups excluding tert-OH is 1. The molecule has 108 valence electrons. The number of hydrogen-bond donors (Lipinski definition) is 3. The fourth-order valence-electron chi connectivity index (χ4n) is 1.61. The van der Waals surface area contributed by atoms with E-state index in [1.54, 1.807) is 34.6 Å².